The fourth-order valence-corrected chi connectivity index (χ4v) is 15.4. The summed E-state index contributed by atoms with van der Waals surface area (Å²) in [5.74, 6) is 1.71. The number of hydrogen-bond acceptors (Lipinski definition) is 7. The van der Waals surface area contributed by atoms with Crippen LogP contribution in [0.2, 0.25) is 0 Å². The fraction of sp³-hybridized carbons (Fsp3) is 0.123. The molecule has 7 nitrogen and oxygen atoms in total. The van der Waals surface area contributed by atoms with E-state index in [0.29, 0.717) is 22.8 Å². The molecular formula is C73H60O7P2. The van der Waals surface area contributed by atoms with E-state index in [4.69, 9.17) is 31.9 Å². The topological polar surface area (TPSA) is 64.6 Å². The molecule has 13 rings (SSSR count). The highest BCUT2D eigenvalue weighted by molar-refractivity contribution is 7.42. The smallest absolute Gasteiger partial charge is 0.400 e. The molecule has 11 aromatic carbocycles. The Morgan fingerprint density at radius 2 is 0.646 bits per heavy atom. The minimum atomic E-state index is -2.30. The van der Waals surface area contributed by atoms with Crippen molar-refractivity contribution in [2.45, 2.75) is 48.6 Å². The third kappa shape index (κ3) is 8.83. The Balaban J connectivity index is 1.03. The molecule has 404 valence electrons. The SMILES string of the molecule is COc1cc(-c2c(OP3OC(c4ccccc4)(c4ccccc4)C(c4ccccc4)(c4ccccc4)O3)ccc3ccccc23)c(OP2OC(c3ccccc3)(c3ccccc3)C(c3ccccc3)(c3ccccc3)O2)c(C(C)(C)C)c1. The Hall–Kier alpha value is -8.22. The summed E-state index contributed by atoms with van der Waals surface area (Å²) in [4.78, 5) is 0. The van der Waals surface area contributed by atoms with Gasteiger partial charge in [-0.3, -0.25) is 18.1 Å². The summed E-state index contributed by atoms with van der Waals surface area (Å²) in [6.45, 7) is 6.55. The Kier molecular flexibility index (Phi) is 14.2. The van der Waals surface area contributed by atoms with E-state index in [0.717, 1.165) is 66.4 Å². The molecular weight excluding hydrogens is 1050 g/mol. The van der Waals surface area contributed by atoms with Gasteiger partial charge in [-0.15, -0.1) is 0 Å². The van der Waals surface area contributed by atoms with Crippen LogP contribution in [0.5, 0.6) is 17.2 Å². The van der Waals surface area contributed by atoms with E-state index in [1.807, 2.05) is 60.7 Å². The second kappa shape index (κ2) is 21.9. The lowest BCUT2D eigenvalue weighted by molar-refractivity contribution is 0.00370. The van der Waals surface area contributed by atoms with Crippen LogP contribution in [-0.4, -0.2) is 7.11 Å². The highest BCUT2D eigenvalue weighted by Crippen LogP contribution is 2.73. The van der Waals surface area contributed by atoms with Crippen LogP contribution >= 0.6 is 17.2 Å². The lowest BCUT2D eigenvalue weighted by atomic mass is 9.66. The average Bonchev–Trinajstić information content (AvgIpc) is 2.65. The number of ether oxygens (including phenoxy) is 1. The largest absolute Gasteiger partial charge is 0.497 e. The molecule has 0 unspecified atom stereocenters. The van der Waals surface area contributed by atoms with Crippen LogP contribution in [0.1, 0.15) is 70.8 Å². The normalized spacial score (nSPS) is 16.4. The van der Waals surface area contributed by atoms with Gasteiger partial charge < -0.3 is 13.8 Å². The quantitative estimate of drug-likeness (QED) is 0.101. The molecule has 0 spiro atoms. The van der Waals surface area contributed by atoms with Gasteiger partial charge in [0.05, 0.1) is 7.11 Å². The molecule has 0 aromatic heterocycles. The van der Waals surface area contributed by atoms with E-state index in [9.17, 15) is 0 Å². The molecule has 9 heteroatoms. The zero-order valence-electron chi connectivity index (χ0n) is 46.0. The highest BCUT2D eigenvalue weighted by atomic mass is 31.2. The molecule has 0 atom stereocenters. The minimum Gasteiger partial charge on any atom is -0.497 e. The predicted molar refractivity (Wildman–Crippen MR) is 329 cm³/mol. The third-order valence-electron chi connectivity index (χ3n) is 15.9. The Labute approximate surface area is 482 Å². The maximum Gasteiger partial charge on any atom is 0.400 e. The molecule has 0 N–H and O–H groups in total. The van der Waals surface area contributed by atoms with Gasteiger partial charge >= 0.3 is 17.2 Å². The zero-order chi connectivity index (χ0) is 55.8. The van der Waals surface area contributed by atoms with E-state index in [2.05, 4.69) is 251 Å². The van der Waals surface area contributed by atoms with Crippen LogP contribution in [0.25, 0.3) is 21.9 Å². The lowest BCUT2D eigenvalue weighted by Gasteiger charge is -2.43. The number of fused-ring (bicyclic) bond motifs is 1. The highest BCUT2D eigenvalue weighted by Gasteiger charge is 2.68. The van der Waals surface area contributed by atoms with Gasteiger partial charge in [-0.2, -0.15) is 0 Å². The van der Waals surface area contributed by atoms with Gasteiger partial charge in [-0.25, -0.2) is 0 Å². The van der Waals surface area contributed by atoms with Crippen LogP contribution in [-0.2, 0) is 45.9 Å². The van der Waals surface area contributed by atoms with Gasteiger partial charge in [0.25, 0.3) is 0 Å². The summed E-state index contributed by atoms with van der Waals surface area (Å²) < 4.78 is 52.7. The Bertz CT molecular complexity index is 3620. The molecule has 2 saturated heterocycles. The van der Waals surface area contributed by atoms with E-state index < -0.39 is 45.0 Å². The van der Waals surface area contributed by atoms with Crippen molar-refractivity contribution in [3.8, 4) is 28.4 Å². The number of hydrogen-bond donors (Lipinski definition) is 0. The Morgan fingerprint density at radius 1 is 0.341 bits per heavy atom. The van der Waals surface area contributed by atoms with Crippen LogP contribution < -0.4 is 13.8 Å². The van der Waals surface area contributed by atoms with Crippen molar-refractivity contribution >= 4 is 28.0 Å². The van der Waals surface area contributed by atoms with Crippen molar-refractivity contribution in [1.29, 1.82) is 0 Å². The number of rotatable bonds is 14. The van der Waals surface area contributed by atoms with E-state index in [1.54, 1.807) is 7.11 Å². The third-order valence-corrected chi connectivity index (χ3v) is 18.3. The molecule has 0 radical (unpaired) electrons. The predicted octanol–water partition coefficient (Wildman–Crippen LogP) is 18.9. The summed E-state index contributed by atoms with van der Waals surface area (Å²) in [7, 11) is -2.86. The second-order valence-corrected chi connectivity index (χ2v) is 23.6. The summed E-state index contributed by atoms with van der Waals surface area (Å²) in [5, 5.41) is 1.90. The molecule has 2 aliphatic rings. The Morgan fingerprint density at radius 3 is 0.963 bits per heavy atom. The molecule has 0 bridgehead atoms. The monoisotopic (exact) mass is 1110 g/mol. The second-order valence-electron chi connectivity index (χ2n) is 21.6. The molecule has 2 fully saturated rings. The standard InChI is InChI=1S/C73H60O7P2/c1-69(2,3)65-52-62(74-4)51-64(68(65)76-82-79-72(58-40-21-9-22-41-58,59-42-23-10-24-43-59)73(80-82,60-44-25-11-26-45-60)61-46-27-12-28-47-61)67-63-48-30-29-31-53(63)49-50-66(67)75-81-77-70(54-32-13-5-14-33-54,55-34-15-6-16-35-55)71(78-81,56-36-17-7-18-37-56)57-38-19-8-20-39-57/h5-52H,1-4H3. The van der Waals surface area contributed by atoms with Crippen molar-refractivity contribution in [3.63, 3.8) is 0 Å². The first kappa shape index (κ1) is 53.1. The summed E-state index contributed by atoms with van der Waals surface area (Å²) in [5.41, 5.74) is 3.96. The van der Waals surface area contributed by atoms with Gasteiger partial charge in [0.15, 0.2) is 22.4 Å². The van der Waals surface area contributed by atoms with Crippen LogP contribution in [0.4, 0.5) is 0 Å². The molecule has 2 heterocycles. The minimum absolute atomic E-state index is 0.511. The molecule has 0 saturated carbocycles. The molecule has 2 aliphatic heterocycles. The van der Waals surface area contributed by atoms with Crippen molar-refractivity contribution in [2.24, 2.45) is 0 Å². The molecule has 0 amide bonds. The maximum absolute atomic E-state index is 7.83. The summed E-state index contributed by atoms with van der Waals surface area (Å²) in [6, 6.07) is 99.6. The van der Waals surface area contributed by atoms with E-state index in [-0.39, 0.29) is 0 Å². The molecule has 82 heavy (non-hydrogen) atoms. The fourth-order valence-electron chi connectivity index (χ4n) is 12.2. The van der Waals surface area contributed by atoms with Gasteiger partial charge in [0.2, 0.25) is 0 Å². The van der Waals surface area contributed by atoms with Gasteiger partial charge in [-0.05, 0) is 78.9 Å². The van der Waals surface area contributed by atoms with Crippen molar-refractivity contribution in [3.05, 3.63) is 341 Å². The zero-order valence-corrected chi connectivity index (χ0v) is 47.8. The maximum atomic E-state index is 7.83. The van der Waals surface area contributed by atoms with Crippen LogP contribution in [0.15, 0.2) is 291 Å². The van der Waals surface area contributed by atoms with Crippen molar-refractivity contribution in [1.82, 2.24) is 0 Å². The van der Waals surface area contributed by atoms with Gasteiger partial charge in [0, 0.05) is 16.7 Å². The number of methoxy groups -OCH3 is 1. The first-order valence-electron chi connectivity index (χ1n) is 27.6. The van der Waals surface area contributed by atoms with Crippen LogP contribution in [0.3, 0.4) is 0 Å². The summed E-state index contributed by atoms with van der Waals surface area (Å²) >= 11 is 0. The summed E-state index contributed by atoms with van der Waals surface area (Å²) in [6.07, 6.45) is 0. The van der Waals surface area contributed by atoms with Crippen molar-refractivity contribution < 1.29 is 31.9 Å². The average molecular weight is 1110 g/mol. The molecule has 0 aliphatic carbocycles. The van der Waals surface area contributed by atoms with Gasteiger partial charge in [0.1, 0.15) is 17.2 Å². The molecule has 11 aromatic rings. The van der Waals surface area contributed by atoms with Crippen molar-refractivity contribution in [2.75, 3.05) is 7.11 Å². The van der Waals surface area contributed by atoms with E-state index >= 15 is 0 Å². The van der Waals surface area contributed by atoms with Gasteiger partial charge in [-0.1, -0.05) is 294 Å². The number of benzene rings is 11. The lowest BCUT2D eigenvalue weighted by Crippen LogP contribution is -2.48. The van der Waals surface area contributed by atoms with E-state index in [1.165, 1.54) is 0 Å². The first-order valence-corrected chi connectivity index (χ1v) is 29.8. The van der Waals surface area contributed by atoms with Crippen LogP contribution in [0, 0.1) is 0 Å². The first-order chi connectivity index (χ1) is 40.2.